The predicted molar refractivity (Wildman–Crippen MR) is 165 cm³/mol. The zero-order chi connectivity index (χ0) is 31.1. The molecule has 228 valence electrons. The third-order valence-electron chi connectivity index (χ3n) is 6.38. The van der Waals surface area contributed by atoms with Gasteiger partial charge >= 0.3 is 7.82 Å². The molecule has 2 N–H and O–H groups in total. The summed E-state index contributed by atoms with van der Waals surface area (Å²) < 4.78 is 35.2. The second-order valence-corrected chi connectivity index (χ2v) is 11.2. The molecule has 1 aromatic carbocycles. The van der Waals surface area contributed by atoms with Gasteiger partial charge < -0.3 is 29.2 Å². The minimum atomic E-state index is -4.30. The number of hydrogen-bond donors (Lipinski definition) is 2. The maximum atomic E-state index is 12.5. The number of aromatic nitrogens is 3. The predicted octanol–water partition coefficient (Wildman–Crippen LogP) is 5.51. The summed E-state index contributed by atoms with van der Waals surface area (Å²) in [6.45, 7) is 3.90. The third kappa shape index (κ3) is 8.07. The van der Waals surface area contributed by atoms with Crippen LogP contribution in [-0.2, 0) is 18.4 Å². The van der Waals surface area contributed by atoms with Crippen molar-refractivity contribution in [3.8, 4) is 33.9 Å². The first-order valence-electron chi connectivity index (χ1n) is 13.5. The van der Waals surface area contributed by atoms with Gasteiger partial charge in [-0.25, -0.2) is 14.5 Å². The largest absolute Gasteiger partial charge is 0.497 e. The summed E-state index contributed by atoms with van der Waals surface area (Å²) in [6.07, 6.45) is 7.49. The van der Waals surface area contributed by atoms with Gasteiger partial charge in [-0.3, -0.25) is 13.8 Å². The molecule has 4 rings (SSSR count). The maximum Gasteiger partial charge on any atom is 0.474 e. The molecule has 0 aliphatic carbocycles. The zero-order valence-corrected chi connectivity index (χ0v) is 25.9. The lowest BCUT2D eigenvalue weighted by Gasteiger charge is -2.18. The molecule has 0 bridgehead atoms. The third-order valence-corrected chi connectivity index (χ3v) is 7.53. The number of nitrogens with zero attached hydrogens (tertiary/aromatic N) is 4. The summed E-state index contributed by atoms with van der Waals surface area (Å²) in [5.41, 5.74) is 4.14. The van der Waals surface area contributed by atoms with Crippen LogP contribution in [0.5, 0.6) is 11.6 Å². The van der Waals surface area contributed by atoms with Crippen LogP contribution in [0, 0.1) is 0 Å². The highest BCUT2D eigenvalue weighted by Gasteiger charge is 2.26. The summed E-state index contributed by atoms with van der Waals surface area (Å²) in [4.78, 5) is 33.5. The topological polar surface area (TPSA) is 137 Å². The van der Waals surface area contributed by atoms with Gasteiger partial charge in [-0.15, -0.1) is 0 Å². The lowest BCUT2D eigenvalue weighted by molar-refractivity contribution is -0.111. The Hall–Kier alpha value is -4.06. The molecule has 0 saturated heterocycles. The SMILES string of the molecule is CCOP(=O)(O)OC(C)n1cc(-c2ccnc(OC)c2)c2cc(-c3cc(NC(=O)/C=C/CN(C)C)cc(OC)c3)cnc21. The molecule has 0 fully saturated rings. The van der Waals surface area contributed by atoms with Crippen LogP contribution in [0.1, 0.15) is 20.1 Å². The monoisotopic (exact) mass is 609 g/mol. The van der Waals surface area contributed by atoms with E-state index in [1.807, 2.05) is 43.3 Å². The van der Waals surface area contributed by atoms with Crippen LogP contribution >= 0.6 is 7.82 Å². The van der Waals surface area contributed by atoms with E-state index in [1.165, 1.54) is 13.2 Å². The van der Waals surface area contributed by atoms with Crippen molar-refractivity contribution < 1.29 is 32.8 Å². The van der Waals surface area contributed by atoms with Crippen LogP contribution in [0.15, 0.2) is 67.1 Å². The summed E-state index contributed by atoms with van der Waals surface area (Å²) in [5.74, 6) is 0.720. The van der Waals surface area contributed by atoms with Gasteiger partial charge in [0, 0.05) is 65.5 Å². The quantitative estimate of drug-likeness (QED) is 0.147. The molecule has 0 spiro atoms. The maximum absolute atomic E-state index is 12.5. The van der Waals surface area contributed by atoms with E-state index in [-0.39, 0.29) is 12.5 Å². The molecule has 0 aliphatic rings. The van der Waals surface area contributed by atoms with E-state index < -0.39 is 14.1 Å². The normalized spacial score (nSPS) is 13.8. The highest BCUT2D eigenvalue weighted by atomic mass is 31.2. The van der Waals surface area contributed by atoms with Crippen molar-refractivity contribution in [2.75, 3.05) is 46.8 Å². The summed E-state index contributed by atoms with van der Waals surface area (Å²) in [7, 11) is 2.64. The van der Waals surface area contributed by atoms with Gasteiger partial charge in [0.05, 0.1) is 20.8 Å². The van der Waals surface area contributed by atoms with Gasteiger partial charge in [-0.05, 0) is 63.3 Å². The number of nitrogens with one attached hydrogen (secondary N) is 1. The molecule has 0 saturated carbocycles. The standard InChI is InChI=1S/C30H36N5O7P/c1-7-41-43(37,38)42-20(2)35-19-27(21-10-11-31-29(16-21)40-6)26-15-23(18-32-30(26)35)22-13-24(17-25(14-22)39-5)33-28(36)9-8-12-34(3)4/h8-11,13-20H,7,12H2,1-6H3,(H,33,36)(H,37,38)/b9-8+. The van der Waals surface area contributed by atoms with Crippen molar-refractivity contribution >= 4 is 30.5 Å². The fraction of sp³-hybridized carbons (Fsp3) is 0.300. The number of carbonyl (C=O) groups is 1. The highest BCUT2D eigenvalue weighted by Crippen LogP contribution is 2.47. The number of anilines is 1. The summed E-state index contributed by atoms with van der Waals surface area (Å²) >= 11 is 0. The van der Waals surface area contributed by atoms with E-state index in [1.54, 1.807) is 62.3 Å². The number of likely N-dealkylation sites (N-methyl/N-ethyl adjacent to an activating group) is 1. The van der Waals surface area contributed by atoms with Crippen molar-refractivity contribution in [2.45, 2.75) is 20.1 Å². The molecule has 0 radical (unpaired) electrons. The molecule has 3 heterocycles. The average Bonchev–Trinajstić information content (AvgIpc) is 3.35. The number of rotatable bonds is 13. The number of pyridine rings is 2. The molecule has 43 heavy (non-hydrogen) atoms. The summed E-state index contributed by atoms with van der Waals surface area (Å²) in [5, 5.41) is 3.63. The van der Waals surface area contributed by atoms with Gasteiger partial charge in [0.2, 0.25) is 11.8 Å². The zero-order valence-electron chi connectivity index (χ0n) is 25.0. The molecule has 2 atom stereocenters. The van der Waals surface area contributed by atoms with E-state index >= 15 is 0 Å². The smallest absolute Gasteiger partial charge is 0.474 e. The van der Waals surface area contributed by atoms with Gasteiger partial charge in [-0.1, -0.05) is 6.08 Å². The first kappa shape index (κ1) is 31.9. The van der Waals surface area contributed by atoms with Crippen molar-refractivity contribution in [2.24, 2.45) is 0 Å². The average molecular weight is 610 g/mol. The number of fused-ring (bicyclic) bond motifs is 1. The molecule has 0 aliphatic heterocycles. The van der Waals surface area contributed by atoms with Gasteiger partial charge in [-0.2, -0.15) is 0 Å². The second kappa shape index (κ2) is 13.9. The lowest BCUT2D eigenvalue weighted by atomic mass is 10.0. The van der Waals surface area contributed by atoms with Crippen LogP contribution in [0.25, 0.3) is 33.3 Å². The number of hydrogen-bond acceptors (Lipinski definition) is 9. The van der Waals surface area contributed by atoms with Crippen molar-refractivity contribution in [3.05, 3.63) is 67.1 Å². The molecular weight excluding hydrogens is 573 g/mol. The van der Waals surface area contributed by atoms with E-state index in [2.05, 4.69) is 10.3 Å². The van der Waals surface area contributed by atoms with Crippen LogP contribution in [0.2, 0.25) is 0 Å². The summed E-state index contributed by atoms with van der Waals surface area (Å²) in [6, 6.07) is 11.0. The number of ether oxygens (including phenoxy) is 2. The molecule has 1 amide bonds. The van der Waals surface area contributed by atoms with Crippen molar-refractivity contribution in [3.63, 3.8) is 0 Å². The Bertz CT molecular complexity index is 1670. The Morgan fingerprint density at radius 2 is 1.91 bits per heavy atom. The molecule has 2 unspecified atom stereocenters. The van der Waals surface area contributed by atoms with Crippen molar-refractivity contribution in [1.29, 1.82) is 0 Å². The molecule has 12 nitrogen and oxygen atoms in total. The first-order valence-corrected chi connectivity index (χ1v) is 15.0. The van der Waals surface area contributed by atoms with E-state index in [4.69, 9.17) is 23.5 Å². The Morgan fingerprint density at radius 3 is 2.60 bits per heavy atom. The fourth-order valence-electron chi connectivity index (χ4n) is 4.43. The van der Waals surface area contributed by atoms with Crippen molar-refractivity contribution in [1.82, 2.24) is 19.4 Å². The Balaban J connectivity index is 1.80. The van der Waals surface area contributed by atoms with Crippen LogP contribution in [-0.4, -0.2) is 71.7 Å². The Morgan fingerprint density at radius 1 is 1.12 bits per heavy atom. The van der Waals surface area contributed by atoms with Gasteiger partial charge in [0.15, 0.2) is 0 Å². The van der Waals surface area contributed by atoms with Crippen LogP contribution in [0.4, 0.5) is 5.69 Å². The van der Waals surface area contributed by atoms with E-state index in [9.17, 15) is 14.3 Å². The van der Waals surface area contributed by atoms with Crippen LogP contribution < -0.4 is 14.8 Å². The minimum absolute atomic E-state index is 0.0198. The molecular formula is C30H36N5O7P. The number of phosphoric acid groups is 1. The van der Waals surface area contributed by atoms with Gasteiger partial charge in [0.1, 0.15) is 17.6 Å². The lowest BCUT2D eigenvalue weighted by Crippen LogP contribution is -2.13. The fourth-order valence-corrected chi connectivity index (χ4v) is 5.31. The van der Waals surface area contributed by atoms with E-state index in [0.717, 1.165) is 27.6 Å². The second-order valence-electron chi connectivity index (χ2n) is 9.83. The number of amides is 1. The first-order chi connectivity index (χ1) is 20.5. The minimum Gasteiger partial charge on any atom is -0.497 e. The number of methoxy groups -OCH3 is 2. The number of phosphoric ester groups is 1. The Labute approximate surface area is 250 Å². The Kier molecular flexibility index (Phi) is 10.3. The van der Waals surface area contributed by atoms with E-state index in [0.29, 0.717) is 29.5 Å². The molecule has 4 aromatic rings. The number of carbonyl (C=O) groups excluding carboxylic acids is 1. The highest BCUT2D eigenvalue weighted by molar-refractivity contribution is 7.47. The van der Waals surface area contributed by atoms with Crippen LogP contribution in [0.3, 0.4) is 0 Å². The molecule has 3 aromatic heterocycles. The van der Waals surface area contributed by atoms with Gasteiger partial charge in [0.25, 0.3) is 0 Å². The number of benzene rings is 1. The molecule has 13 heteroatoms.